The van der Waals surface area contributed by atoms with E-state index in [2.05, 4.69) is 11.8 Å². The van der Waals surface area contributed by atoms with Gasteiger partial charge in [-0.1, -0.05) is 36.1 Å². The molecule has 0 fully saturated rings. The van der Waals surface area contributed by atoms with Crippen molar-refractivity contribution in [2.45, 2.75) is 77.8 Å². The zero-order valence-corrected chi connectivity index (χ0v) is 21.4. The molecule has 0 amide bonds. The minimum atomic E-state index is -1.50. The minimum Gasteiger partial charge on any atom is -0.423 e. The summed E-state index contributed by atoms with van der Waals surface area (Å²) >= 11 is 0. The Balaban J connectivity index is 2.31. The van der Waals surface area contributed by atoms with E-state index in [0.29, 0.717) is 5.46 Å². The SMILES string of the molecule is CC(C)(O)C(C)(C)OB(OC(C)(C)C(C)(C)O)c1ccc(C#Cc2ccc(B(O)O)cc2)cc1. The maximum atomic E-state index is 10.6. The molecule has 6 nitrogen and oxygen atoms in total. The monoisotopic (exact) mass is 466 g/mol. The van der Waals surface area contributed by atoms with E-state index in [1.165, 1.54) is 0 Å². The molecular formula is C26H36B2O6. The molecular weight excluding hydrogens is 430 g/mol. The van der Waals surface area contributed by atoms with Gasteiger partial charge in [0.05, 0.1) is 22.4 Å². The van der Waals surface area contributed by atoms with Crippen LogP contribution in [0.3, 0.4) is 0 Å². The highest BCUT2D eigenvalue weighted by molar-refractivity contribution is 6.61. The molecule has 0 saturated carbocycles. The van der Waals surface area contributed by atoms with Crippen molar-refractivity contribution in [3.63, 3.8) is 0 Å². The standard InChI is InChI=1S/C26H36B2O6/c1-23(2,29)25(5,6)33-28(34-26(7,8)24(3,4)30)22-17-13-20(14-18-22)10-9-19-11-15-21(16-12-19)27(31)32/h11-18,29-32H,1-8H3. The van der Waals surface area contributed by atoms with Crippen molar-refractivity contribution < 1.29 is 29.6 Å². The van der Waals surface area contributed by atoms with Crippen molar-refractivity contribution in [1.82, 2.24) is 0 Å². The smallest absolute Gasteiger partial charge is 0.423 e. The molecule has 0 bridgehead atoms. The first-order chi connectivity index (χ1) is 15.4. The summed E-state index contributed by atoms with van der Waals surface area (Å²) in [6.45, 7) is 13.9. The van der Waals surface area contributed by atoms with Crippen LogP contribution in [0.5, 0.6) is 0 Å². The quantitative estimate of drug-likeness (QED) is 0.349. The van der Waals surface area contributed by atoms with Crippen LogP contribution in [0.25, 0.3) is 0 Å². The van der Waals surface area contributed by atoms with Gasteiger partial charge in [0, 0.05) is 11.1 Å². The maximum Gasteiger partial charge on any atom is 0.494 e. The van der Waals surface area contributed by atoms with Crippen LogP contribution in [-0.4, -0.2) is 56.9 Å². The third-order valence-corrected chi connectivity index (χ3v) is 6.49. The van der Waals surface area contributed by atoms with Crippen LogP contribution >= 0.6 is 0 Å². The highest BCUT2D eigenvalue weighted by Gasteiger charge is 2.45. The van der Waals surface area contributed by atoms with Gasteiger partial charge >= 0.3 is 14.2 Å². The van der Waals surface area contributed by atoms with Gasteiger partial charge in [-0.25, -0.2) is 0 Å². The van der Waals surface area contributed by atoms with Crippen molar-refractivity contribution >= 4 is 25.2 Å². The summed E-state index contributed by atoms with van der Waals surface area (Å²) in [7, 11) is -2.35. The first-order valence-corrected chi connectivity index (χ1v) is 11.3. The van der Waals surface area contributed by atoms with Crippen LogP contribution in [0.15, 0.2) is 48.5 Å². The molecule has 34 heavy (non-hydrogen) atoms. The fraction of sp³-hybridized carbons (Fsp3) is 0.462. The highest BCUT2D eigenvalue weighted by atomic mass is 16.6. The predicted octanol–water partition coefficient (Wildman–Crippen LogP) is 1.59. The molecule has 182 valence electrons. The van der Waals surface area contributed by atoms with Crippen molar-refractivity contribution in [2.75, 3.05) is 0 Å². The molecule has 0 spiro atoms. The third kappa shape index (κ3) is 7.19. The molecule has 2 aromatic rings. The fourth-order valence-electron chi connectivity index (χ4n) is 2.59. The Morgan fingerprint density at radius 3 is 1.21 bits per heavy atom. The molecule has 2 aromatic carbocycles. The second-order valence-electron chi connectivity index (χ2n) is 10.6. The second-order valence-corrected chi connectivity index (χ2v) is 10.6. The largest absolute Gasteiger partial charge is 0.494 e. The van der Waals surface area contributed by atoms with Crippen LogP contribution in [0.4, 0.5) is 0 Å². The number of hydrogen-bond donors (Lipinski definition) is 4. The van der Waals surface area contributed by atoms with Crippen molar-refractivity contribution in [3.8, 4) is 11.8 Å². The average molecular weight is 466 g/mol. The van der Waals surface area contributed by atoms with Gasteiger partial charge in [0.15, 0.2) is 0 Å². The van der Waals surface area contributed by atoms with E-state index in [1.54, 1.807) is 79.7 Å². The number of hydrogen-bond acceptors (Lipinski definition) is 6. The molecule has 4 N–H and O–H groups in total. The normalized spacial score (nSPS) is 12.7. The number of aliphatic hydroxyl groups is 2. The van der Waals surface area contributed by atoms with Crippen molar-refractivity contribution in [3.05, 3.63) is 59.7 Å². The molecule has 0 atom stereocenters. The molecule has 0 radical (unpaired) electrons. The van der Waals surface area contributed by atoms with Gasteiger partial charge in [-0.05, 0) is 90.6 Å². The van der Waals surface area contributed by atoms with Crippen LogP contribution in [-0.2, 0) is 9.31 Å². The van der Waals surface area contributed by atoms with Gasteiger partial charge in [0.1, 0.15) is 0 Å². The Morgan fingerprint density at radius 2 is 0.912 bits per heavy atom. The van der Waals surface area contributed by atoms with E-state index >= 15 is 0 Å². The van der Waals surface area contributed by atoms with E-state index in [-0.39, 0.29) is 0 Å². The van der Waals surface area contributed by atoms with E-state index < -0.39 is 36.6 Å². The third-order valence-electron chi connectivity index (χ3n) is 6.49. The summed E-state index contributed by atoms with van der Waals surface area (Å²) in [4.78, 5) is 0. The Hall–Kier alpha value is -2.11. The zero-order valence-electron chi connectivity index (χ0n) is 21.4. The van der Waals surface area contributed by atoms with Crippen molar-refractivity contribution in [2.24, 2.45) is 0 Å². The Morgan fingerprint density at radius 1 is 0.588 bits per heavy atom. The summed E-state index contributed by atoms with van der Waals surface area (Å²) in [5.74, 6) is 6.13. The average Bonchev–Trinajstić information content (AvgIpc) is 2.70. The summed E-state index contributed by atoms with van der Waals surface area (Å²) in [6.07, 6.45) is 0. The summed E-state index contributed by atoms with van der Waals surface area (Å²) < 4.78 is 12.5. The molecule has 0 unspecified atom stereocenters. The van der Waals surface area contributed by atoms with Crippen LogP contribution in [0, 0.1) is 11.8 Å². The van der Waals surface area contributed by atoms with Gasteiger partial charge in [0.25, 0.3) is 0 Å². The van der Waals surface area contributed by atoms with Gasteiger partial charge in [-0.2, -0.15) is 0 Å². The second kappa shape index (κ2) is 10.2. The molecule has 0 aromatic heterocycles. The number of rotatable bonds is 8. The van der Waals surface area contributed by atoms with Gasteiger partial charge in [0.2, 0.25) is 0 Å². The molecule has 8 heteroatoms. The first kappa shape index (κ1) is 28.1. The molecule has 0 aliphatic carbocycles. The lowest BCUT2D eigenvalue weighted by Crippen LogP contribution is -2.58. The van der Waals surface area contributed by atoms with E-state index in [4.69, 9.17) is 9.31 Å². The molecule has 2 rings (SSSR count). The fourth-order valence-corrected chi connectivity index (χ4v) is 2.59. The molecule has 0 aliphatic heterocycles. The van der Waals surface area contributed by atoms with Gasteiger partial charge < -0.3 is 29.6 Å². The Labute approximate surface area is 204 Å². The lowest BCUT2D eigenvalue weighted by atomic mass is 9.73. The topological polar surface area (TPSA) is 99.4 Å². The summed E-state index contributed by atoms with van der Waals surface area (Å²) in [6, 6.07) is 14.1. The van der Waals surface area contributed by atoms with Gasteiger partial charge in [-0.3, -0.25) is 0 Å². The van der Waals surface area contributed by atoms with Crippen LogP contribution in [0.2, 0.25) is 0 Å². The van der Waals surface area contributed by atoms with Crippen molar-refractivity contribution in [1.29, 1.82) is 0 Å². The highest BCUT2D eigenvalue weighted by Crippen LogP contribution is 2.30. The summed E-state index contributed by atoms with van der Waals surface area (Å²) in [5, 5.41) is 39.6. The Bertz CT molecular complexity index is 977. The van der Waals surface area contributed by atoms with E-state index in [9.17, 15) is 20.3 Å². The molecule has 0 heterocycles. The number of benzene rings is 2. The van der Waals surface area contributed by atoms with E-state index in [1.807, 2.05) is 24.3 Å². The lowest BCUT2D eigenvalue weighted by molar-refractivity contribution is -0.131. The molecule has 0 aliphatic rings. The maximum absolute atomic E-state index is 10.6. The van der Waals surface area contributed by atoms with Crippen LogP contribution < -0.4 is 10.9 Å². The Kier molecular flexibility index (Phi) is 8.48. The van der Waals surface area contributed by atoms with Gasteiger partial charge in [-0.15, -0.1) is 0 Å². The molecule has 0 saturated heterocycles. The first-order valence-electron chi connectivity index (χ1n) is 11.3. The van der Waals surface area contributed by atoms with Crippen LogP contribution in [0.1, 0.15) is 66.5 Å². The lowest BCUT2D eigenvalue weighted by Gasteiger charge is -2.43. The van der Waals surface area contributed by atoms with E-state index in [0.717, 1.165) is 16.6 Å². The zero-order chi connectivity index (χ0) is 25.9. The predicted molar refractivity (Wildman–Crippen MR) is 137 cm³/mol. The minimum absolute atomic E-state index is 0.406. The summed E-state index contributed by atoms with van der Waals surface area (Å²) in [5.41, 5.74) is -1.51.